The average molecular weight is 437 g/mol. The van der Waals surface area contributed by atoms with Gasteiger partial charge in [-0.25, -0.2) is 9.18 Å². The first-order chi connectivity index (χ1) is 15.6. The summed E-state index contributed by atoms with van der Waals surface area (Å²) in [6, 6.07) is 13.3. The van der Waals surface area contributed by atoms with Crippen molar-refractivity contribution in [3.8, 4) is 0 Å². The zero-order valence-corrected chi connectivity index (χ0v) is 18.4. The van der Waals surface area contributed by atoms with Crippen LogP contribution in [0.3, 0.4) is 0 Å². The van der Waals surface area contributed by atoms with Crippen molar-refractivity contribution in [2.24, 2.45) is 0 Å². The van der Waals surface area contributed by atoms with E-state index in [1.54, 1.807) is 17.7 Å². The third-order valence-electron chi connectivity index (χ3n) is 7.15. The highest BCUT2D eigenvalue weighted by molar-refractivity contribution is 5.80. The van der Waals surface area contributed by atoms with E-state index in [9.17, 15) is 14.0 Å². The molecule has 2 aliphatic rings. The van der Waals surface area contributed by atoms with E-state index in [1.165, 1.54) is 0 Å². The van der Waals surface area contributed by atoms with Crippen LogP contribution in [0.5, 0.6) is 0 Å². The number of nitrogens with zero attached hydrogens (tertiary/aromatic N) is 3. The Labute approximate surface area is 186 Å². The first kappa shape index (κ1) is 20.9. The summed E-state index contributed by atoms with van der Waals surface area (Å²) in [4.78, 5) is 27.7. The fourth-order valence-corrected chi connectivity index (χ4v) is 5.58. The van der Waals surface area contributed by atoms with Gasteiger partial charge < -0.3 is 5.32 Å². The van der Waals surface area contributed by atoms with Crippen LogP contribution in [-0.4, -0.2) is 40.1 Å². The number of piperidine rings is 1. The zero-order valence-electron chi connectivity index (χ0n) is 18.4. The number of nitrogens with one attached hydrogen (secondary N) is 1. The molecule has 3 aromatic rings. The van der Waals surface area contributed by atoms with Gasteiger partial charge in [0.2, 0.25) is 5.91 Å². The summed E-state index contributed by atoms with van der Waals surface area (Å²) in [5, 5.41) is 2.60. The zero-order chi connectivity index (χ0) is 22.2. The van der Waals surface area contributed by atoms with Gasteiger partial charge in [-0.2, -0.15) is 0 Å². The lowest BCUT2D eigenvalue weighted by molar-refractivity contribution is -0.121. The van der Waals surface area contributed by atoms with Gasteiger partial charge in [0.05, 0.1) is 11.0 Å². The van der Waals surface area contributed by atoms with Gasteiger partial charge in [0.1, 0.15) is 12.4 Å². The van der Waals surface area contributed by atoms with Gasteiger partial charge >= 0.3 is 5.69 Å². The molecule has 5 rings (SSSR count). The lowest BCUT2D eigenvalue weighted by Crippen LogP contribution is -2.41. The molecule has 0 saturated carbocycles. The average Bonchev–Trinajstić information content (AvgIpc) is 3.10. The van der Waals surface area contributed by atoms with Crippen molar-refractivity contribution < 1.29 is 9.18 Å². The lowest BCUT2D eigenvalue weighted by atomic mass is 9.85. The number of fused-ring (bicyclic) bond motifs is 2. The second-order valence-electron chi connectivity index (χ2n) is 8.89. The molecule has 32 heavy (non-hydrogen) atoms. The molecule has 1 aromatic heterocycles. The molecular weight excluding hydrogens is 407 g/mol. The Kier molecular flexibility index (Phi) is 5.59. The van der Waals surface area contributed by atoms with E-state index in [-0.39, 0.29) is 36.0 Å². The van der Waals surface area contributed by atoms with Crippen LogP contribution in [0.2, 0.25) is 0 Å². The van der Waals surface area contributed by atoms with Crippen LogP contribution in [0.25, 0.3) is 11.0 Å². The number of hydrogen-bond donors (Lipinski definition) is 1. The van der Waals surface area contributed by atoms with Crippen molar-refractivity contribution >= 4 is 16.9 Å². The molecule has 0 bridgehead atoms. The Morgan fingerprint density at radius 2 is 1.81 bits per heavy atom. The SMILES string of the molecule is CNC(=O)Cn1c(=O)n(C2CCN(C3CCCc4cccc(F)c43)CC2)c2ccccc21. The number of hydrogen-bond acceptors (Lipinski definition) is 3. The smallest absolute Gasteiger partial charge is 0.329 e. The van der Waals surface area contributed by atoms with Gasteiger partial charge in [0.15, 0.2) is 0 Å². The number of aromatic nitrogens is 2. The van der Waals surface area contributed by atoms with Gasteiger partial charge in [-0.1, -0.05) is 24.3 Å². The number of para-hydroxylation sites is 2. The van der Waals surface area contributed by atoms with Crippen LogP contribution in [0.1, 0.15) is 48.9 Å². The molecule has 1 fully saturated rings. The molecule has 1 amide bonds. The Morgan fingerprint density at radius 1 is 1.06 bits per heavy atom. The highest BCUT2D eigenvalue weighted by Gasteiger charge is 2.33. The van der Waals surface area contributed by atoms with Crippen molar-refractivity contribution in [1.29, 1.82) is 0 Å². The van der Waals surface area contributed by atoms with Crippen LogP contribution >= 0.6 is 0 Å². The number of imidazole rings is 1. The van der Waals surface area contributed by atoms with Crippen LogP contribution in [0, 0.1) is 5.82 Å². The van der Waals surface area contributed by atoms with Gasteiger partial charge in [0.25, 0.3) is 0 Å². The minimum atomic E-state index is -0.192. The van der Waals surface area contributed by atoms with Crippen LogP contribution in [0.15, 0.2) is 47.3 Å². The minimum Gasteiger partial charge on any atom is -0.358 e. The van der Waals surface area contributed by atoms with E-state index in [2.05, 4.69) is 16.3 Å². The summed E-state index contributed by atoms with van der Waals surface area (Å²) < 4.78 is 18.1. The third kappa shape index (κ3) is 3.54. The molecule has 1 aliphatic heterocycles. The number of likely N-dealkylation sites (tertiary alicyclic amines) is 1. The molecule has 0 radical (unpaired) electrons. The number of benzene rings is 2. The van der Waals surface area contributed by atoms with Crippen LogP contribution in [-0.2, 0) is 17.8 Å². The summed E-state index contributed by atoms with van der Waals surface area (Å²) in [7, 11) is 1.58. The van der Waals surface area contributed by atoms with Crippen molar-refractivity contribution in [1.82, 2.24) is 19.4 Å². The molecule has 168 valence electrons. The molecule has 1 saturated heterocycles. The van der Waals surface area contributed by atoms with Gasteiger partial charge in [-0.15, -0.1) is 0 Å². The number of likely N-dealkylation sites (N-methyl/N-ethyl adjacent to an activating group) is 1. The summed E-state index contributed by atoms with van der Waals surface area (Å²) >= 11 is 0. The Morgan fingerprint density at radius 3 is 2.56 bits per heavy atom. The molecular formula is C25H29FN4O2. The molecule has 7 heteroatoms. The molecule has 2 heterocycles. The van der Waals surface area contributed by atoms with E-state index in [1.807, 2.05) is 34.9 Å². The molecule has 0 spiro atoms. The number of aryl methyl sites for hydroxylation is 1. The fraction of sp³-hybridized carbons (Fsp3) is 0.440. The maximum atomic E-state index is 14.7. The van der Waals surface area contributed by atoms with Gasteiger partial charge in [-0.3, -0.25) is 18.8 Å². The predicted molar refractivity (Wildman–Crippen MR) is 122 cm³/mol. The third-order valence-corrected chi connectivity index (χ3v) is 7.15. The predicted octanol–water partition coefficient (Wildman–Crippen LogP) is 3.40. The number of carbonyl (C=O) groups is 1. The molecule has 2 aromatic carbocycles. The van der Waals surface area contributed by atoms with Crippen molar-refractivity contribution in [2.45, 2.75) is 50.7 Å². The van der Waals surface area contributed by atoms with Crippen molar-refractivity contribution in [3.05, 3.63) is 69.9 Å². The maximum Gasteiger partial charge on any atom is 0.329 e. The molecule has 6 nitrogen and oxygen atoms in total. The minimum absolute atomic E-state index is 0.0137. The second-order valence-corrected chi connectivity index (χ2v) is 8.89. The largest absolute Gasteiger partial charge is 0.358 e. The Hall–Kier alpha value is -2.93. The normalized spacial score (nSPS) is 19.8. The number of amides is 1. The van der Waals surface area contributed by atoms with E-state index in [4.69, 9.17) is 0 Å². The van der Waals surface area contributed by atoms with Gasteiger partial charge in [-0.05, 0) is 55.9 Å². The molecule has 1 aliphatic carbocycles. The lowest BCUT2D eigenvalue weighted by Gasteiger charge is -2.40. The number of carbonyl (C=O) groups excluding carboxylic acids is 1. The second kappa shape index (κ2) is 8.54. The van der Waals surface area contributed by atoms with E-state index in [0.29, 0.717) is 0 Å². The Bertz CT molecular complexity index is 1210. The molecule has 1 unspecified atom stereocenters. The standard InChI is InChI=1S/C25H29FN4O2/c1-27-23(31)16-29-20-9-2-3-10-21(20)30(25(29)32)18-12-14-28(15-13-18)22-11-5-7-17-6-4-8-19(26)24(17)22/h2-4,6,8-10,18,22H,5,7,11-16H2,1H3,(H,27,31). The Balaban J connectivity index is 1.41. The van der Waals surface area contributed by atoms with Gasteiger partial charge in [0, 0.05) is 37.8 Å². The fourth-order valence-electron chi connectivity index (χ4n) is 5.58. The summed E-state index contributed by atoms with van der Waals surface area (Å²) in [5.41, 5.74) is 3.52. The maximum absolute atomic E-state index is 14.7. The topological polar surface area (TPSA) is 59.3 Å². The first-order valence-corrected chi connectivity index (χ1v) is 11.5. The highest BCUT2D eigenvalue weighted by atomic mass is 19.1. The molecule has 1 atom stereocenters. The number of rotatable bonds is 4. The van der Waals surface area contributed by atoms with Crippen LogP contribution < -0.4 is 11.0 Å². The summed E-state index contributed by atoms with van der Waals surface area (Å²) in [6.07, 6.45) is 4.65. The highest BCUT2D eigenvalue weighted by Crippen LogP contribution is 2.38. The van der Waals surface area contributed by atoms with Crippen LogP contribution in [0.4, 0.5) is 4.39 Å². The summed E-state index contributed by atoms with van der Waals surface area (Å²) in [6.45, 7) is 1.66. The van der Waals surface area contributed by atoms with Crippen molar-refractivity contribution in [2.75, 3.05) is 20.1 Å². The summed E-state index contributed by atoms with van der Waals surface area (Å²) in [5.74, 6) is -0.286. The van der Waals surface area contributed by atoms with E-state index < -0.39 is 0 Å². The molecule has 1 N–H and O–H groups in total. The van der Waals surface area contributed by atoms with Crippen molar-refractivity contribution in [3.63, 3.8) is 0 Å². The van der Waals surface area contributed by atoms with E-state index >= 15 is 0 Å². The quantitative estimate of drug-likeness (QED) is 0.682. The van der Waals surface area contributed by atoms with E-state index in [0.717, 1.165) is 67.4 Å². The monoisotopic (exact) mass is 436 g/mol. The first-order valence-electron chi connectivity index (χ1n) is 11.5. The number of halogens is 1.